The van der Waals surface area contributed by atoms with Crippen LogP contribution in [-0.4, -0.2) is 51.2 Å². The van der Waals surface area contributed by atoms with Gasteiger partial charge in [0.05, 0.1) is 6.61 Å². The van der Waals surface area contributed by atoms with Gasteiger partial charge < -0.3 is 14.4 Å². The summed E-state index contributed by atoms with van der Waals surface area (Å²) in [5, 5.41) is 0. The molecule has 0 N–H and O–H groups in total. The van der Waals surface area contributed by atoms with Crippen LogP contribution in [0.3, 0.4) is 0 Å². The second-order valence-corrected chi connectivity index (χ2v) is 2.80. The Kier molecular flexibility index (Phi) is 12.0. The van der Waals surface area contributed by atoms with E-state index < -0.39 is 5.97 Å². The zero-order valence-corrected chi connectivity index (χ0v) is 10.1. The van der Waals surface area contributed by atoms with E-state index in [9.17, 15) is 9.59 Å². The number of ether oxygens (including phenoxy) is 2. The van der Waals surface area contributed by atoms with Crippen LogP contribution in [-0.2, 0) is 19.1 Å². The van der Waals surface area contributed by atoms with Crippen molar-refractivity contribution in [3.05, 3.63) is 25.3 Å². The lowest BCUT2D eigenvalue weighted by Crippen LogP contribution is -2.18. The Morgan fingerprint density at radius 1 is 1.19 bits per heavy atom. The molecule has 0 fully saturated rings. The summed E-state index contributed by atoms with van der Waals surface area (Å²) in [5.74, 6) is -0.466. The normalized spacial score (nSPS) is 8.19. The topological polar surface area (TPSA) is 55.8 Å². The number of esters is 1. The Balaban J connectivity index is 0. The molecule has 0 radical (unpaired) electrons. The molecule has 0 aliphatic carbocycles. The van der Waals surface area contributed by atoms with Crippen molar-refractivity contribution in [2.45, 2.75) is 0 Å². The molecule has 0 saturated carbocycles. The van der Waals surface area contributed by atoms with Gasteiger partial charge in [0.15, 0.2) is 0 Å². The van der Waals surface area contributed by atoms with Gasteiger partial charge in [0.2, 0.25) is 5.91 Å². The lowest BCUT2D eigenvalue weighted by Gasteiger charge is -2.03. The van der Waals surface area contributed by atoms with E-state index in [2.05, 4.69) is 22.6 Å². The highest BCUT2D eigenvalue weighted by molar-refractivity contribution is 5.86. The molecule has 0 bridgehead atoms. The standard InChI is InChI=1S/C6H10O3.C5H9NO/c1-3-6(7)9-5-4-8-2;1-4-5(7)6(2)3/h3H,1,4-5H2,2H3;4H,1H2,2-3H3. The molecule has 0 aliphatic rings. The van der Waals surface area contributed by atoms with Crippen molar-refractivity contribution in [1.82, 2.24) is 4.90 Å². The summed E-state index contributed by atoms with van der Waals surface area (Å²) in [6.07, 6.45) is 2.40. The predicted octanol–water partition coefficient (Wildman–Crippen LogP) is 0.623. The molecule has 0 aliphatic heterocycles. The molecule has 0 aromatic rings. The monoisotopic (exact) mass is 229 g/mol. The molecular weight excluding hydrogens is 210 g/mol. The van der Waals surface area contributed by atoms with Gasteiger partial charge >= 0.3 is 5.97 Å². The summed E-state index contributed by atoms with van der Waals surface area (Å²) in [6.45, 7) is 7.24. The maximum atomic E-state index is 10.3. The molecule has 5 nitrogen and oxygen atoms in total. The first-order valence-corrected chi connectivity index (χ1v) is 4.61. The fourth-order valence-corrected chi connectivity index (χ4v) is 0.467. The van der Waals surface area contributed by atoms with E-state index in [0.29, 0.717) is 13.2 Å². The summed E-state index contributed by atoms with van der Waals surface area (Å²) in [7, 11) is 4.91. The molecule has 0 aromatic heterocycles. The van der Waals surface area contributed by atoms with Crippen LogP contribution in [0.15, 0.2) is 25.3 Å². The third kappa shape index (κ3) is 12.4. The lowest BCUT2D eigenvalue weighted by atomic mass is 10.5. The first kappa shape index (κ1) is 16.8. The smallest absolute Gasteiger partial charge is 0.330 e. The molecule has 0 aromatic carbocycles. The summed E-state index contributed by atoms with van der Waals surface area (Å²) < 4.78 is 9.17. The predicted molar refractivity (Wildman–Crippen MR) is 61.9 cm³/mol. The van der Waals surface area contributed by atoms with Crippen molar-refractivity contribution in [3.8, 4) is 0 Å². The molecule has 16 heavy (non-hydrogen) atoms. The molecule has 0 atom stereocenters. The summed E-state index contributed by atoms with van der Waals surface area (Å²) in [4.78, 5) is 22.1. The number of carbonyl (C=O) groups excluding carboxylic acids is 2. The molecular formula is C11H19NO4. The molecule has 0 unspecified atom stereocenters. The Bertz CT molecular complexity index is 236. The van der Waals surface area contributed by atoms with Crippen molar-refractivity contribution in [1.29, 1.82) is 0 Å². The van der Waals surface area contributed by atoms with Gasteiger partial charge in [-0.2, -0.15) is 0 Å². The summed E-state index contributed by atoms with van der Waals surface area (Å²) >= 11 is 0. The summed E-state index contributed by atoms with van der Waals surface area (Å²) in [6, 6.07) is 0. The summed E-state index contributed by atoms with van der Waals surface area (Å²) in [5.41, 5.74) is 0. The first-order valence-electron chi connectivity index (χ1n) is 4.61. The Morgan fingerprint density at radius 2 is 1.75 bits per heavy atom. The molecule has 92 valence electrons. The Morgan fingerprint density at radius 3 is 2.00 bits per heavy atom. The number of amides is 1. The van der Waals surface area contributed by atoms with Crippen molar-refractivity contribution >= 4 is 11.9 Å². The van der Waals surface area contributed by atoms with Crippen LogP contribution in [0.25, 0.3) is 0 Å². The second kappa shape index (κ2) is 11.5. The second-order valence-electron chi connectivity index (χ2n) is 2.80. The van der Waals surface area contributed by atoms with Gasteiger partial charge in [-0.15, -0.1) is 0 Å². The van der Waals surface area contributed by atoms with Gasteiger partial charge in [-0.3, -0.25) is 4.79 Å². The molecule has 1 amide bonds. The van der Waals surface area contributed by atoms with Gasteiger partial charge in [-0.05, 0) is 6.08 Å². The molecule has 0 saturated heterocycles. The molecule has 0 rings (SSSR count). The van der Waals surface area contributed by atoms with E-state index in [1.807, 2.05) is 0 Å². The molecule has 0 heterocycles. The number of likely N-dealkylation sites (N-methyl/N-ethyl adjacent to an activating group) is 1. The molecule has 0 spiro atoms. The van der Waals surface area contributed by atoms with Crippen LogP contribution < -0.4 is 0 Å². The number of methoxy groups -OCH3 is 1. The van der Waals surface area contributed by atoms with E-state index >= 15 is 0 Å². The van der Waals surface area contributed by atoms with Gasteiger partial charge in [-0.1, -0.05) is 13.2 Å². The van der Waals surface area contributed by atoms with Gasteiger partial charge in [0, 0.05) is 27.3 Å². The lowest BCUT2D eigenvalue weighted by molar-refractivity contribution is -0.138. The minimum Gasteiger partial charge on any atom is -0.460 e. The van der Waals surface area contributed by atoms with E-state index in [-0.39, 0.29) is 5.91 Å². The van der Waals surface area contributed by atoms with Crippen LogP contribution in [0.2, 0.25) is 0 Å². The number of hydrogen-bond donors (Lipinski definition) is 0. The van der Waals surface area contributed by atoms with Gasteiger partial charge in [0.1, 0.15) is 6.61 Å². The van der Waals surface area contributed by atoms with Crippen molar-refractivity contribution in [2.75, 3.05) is 34.4 Å². The largest absolute Gasteiger partial charge is 0.460 e. The highest BCUT2D eigenvalue weighted by atomic mass is 16.6. The number of hydrogen-bond acceptors (Lipinski definition) is 4. The zero-order chi connectivity index (χ0) is 13.0. The quantitative estimate of drug-likeness (QED) is 0.394. The minimum atomic E-state index is -0.410. The van der Waals surface area contributed by atoms with Crippen LogP contribution in [0.1, 0.15) is 0 Å². The minimum absolute atomic E-state index is 0.0556. The maximum absolute atomic E-state index is 10.3. The maximum Gasteiger partial charge on any atom is 0.330 e. The van der Waals surface area contributed by atoms with Gasteiger partial charge in [0.25, 0.3) is 0 Å². The third-order valence-corrected chi connectivity index (χ3v) is 1.31. The SMILES string of the molecule is C=CC(=O)N(C)C.C=CC(=O)OCCOC. The van der Waals surface area contributed by atoms with Crippen molar-refractivity contribution < 1.29 is 19.1 Å². The molecule has 5 heteroatoms. The van der Waals surface area contributed by atoms with Crippen LogP contribution >= 0.6 is 0 Å². The van der Waals surface area contributed by atoms with Gasteiger partial charge in [-0.25, -0.2) is 4.79 Å². The fraction of sp³-hybridized carbons (Fsp3) is 0.455. The number of carbonyl (C=O) groups is 2. The average molecular weight is 229 g/mol. The Labute approximate surface area is 96.3 Å². The highest BCUT2D eigenvalue weighted by Gasteiger charge is 1.92. The van der Waals surface area contributed by atoms with E-state index in [1.165, 1.54) is 11.0 Å². The van der Waals surface area contributed by atoms with Crippen molar-refractivity contribution in [2.24, 2.45) is 0 Å². The van der Waals surface area contributed by atoms with Crippen molar-refractivity contribution in [3.63, 3.8) is 0 Å². The average Bonchev–Trinajstić information content (AvgIpc) is 2.28. The van der Waals surface area contributed by atoms with Crippen LogP contribution in [0.4, 0.5) is 0 Å². The number of rotatable bonds is 5. The highest BCUT2D eigenvalue weighted by Crippen LogP contribution is 1.78. The van der Waals surface area contributed by atoms with E-state index in [4.69, 9.17) is 0 Å². The first-order chi connectivity index (χ1) is 7.49. The zero-order valence-electron chi connectivity index (χ0n) is 10.1. The fourth-order valence-electron chi connectivity index (χ4n) is 0.467. The van der Waals surface area contributed by atoms with Crippen LogP contribution in [0.5, 0.6) is 0 Å². The van der Waals surface area contributed by atoms with Crippen LogP contribution in [0, 0.1) is 0 Å². The number of nitrogens with zero attached hydrogens (tertiary/aromatic N) is 1. The van der Waals surface area contributed by atoms with E-state index in [1.54, 1.807) is 21.2 Å². The van der Waals surface area contributed by atoms with E-state index in [0.717, 1.165) is 6.08 Å². The Hall–Kier alpha value is -1.62. The third-order valence-electron chi connectivity index (χ3n) is 1.31.